The Hall–Kier alpha value is -0.170. The molecule has 5 nitrogen and oxygen atoms in total. The van der Waals surface area contributed by atoms with Gasteiger partial charge in [0.25, 0.3) is 0 Å². The van der Waals surface area contributed by atoms with Crippen molar-refractivity contribution in [1.29, 1.82) is 0 Å². The molecule has 0 spiro atoms. The van der Waals surface area contributed by atoms with E-state index in [9.17, 15) is 8.42 Å². The van der Waals surface area contributed by atoms with E-state index in [4.69, 9.17) is 10.6 Å². The van der Waals surface area contributed by atoms with Gasteiger partial charge in [-0.25, -0.2) is 8.42 Å². The fourth-order valence-electron chi connectivity index (χ4n) is 2.64. The molecule has 1 aliphatic carbocycles. The Morgan fingerprint density at radius 3 is 2.71 bits per heavy atom. The predicted octanol–water partition coefficient (Wildman–Crippen LogP) is 0.458. The minimum absolute atomic E-state index is 0.152. The van der Waals surface area contributed by atoms with E-state index in [1.807, 2.05) is 0 Å². The smallest absolute Gasteiger partial charge is 0.150 e. The molecule has 17 heavy (non-hydrogen) atoms. The molecule has 3 unspecified atom stereocenters. The minimum Gasteiger partial charge on any atom is -0.385 e. The standard InChI is InChI=1S/C11H24N2O3S/c1-16-7-6-11(13-12)9-4-3-5-10(8-9)17(2,14)15/h9-11,13H,3-8,12H2,1-2H3. The summed E-state index contributed by atoms with van der Waals surface area (Å²) in [6, 6.07) is 0.152. The Morgan fingerprint density at radius 2 is 2.18 bits per heavy atom. The Balaban J connectivity index is 2.58. The summed E-state index contributed by atoms with van der Waals surface area (Å²) in [4.78, 5) is 0. The van der Waals surface area contributed by atoms with Gasteiger partial charge in [0.15, 0.2) is 0 Å². The number of methoxy groups -OCH3 is 1. The first-order valence-corrected chi connectivity index (χ1v) is 8.08. The summed E-state index contributed by atoms with van der Waals surface area (Å²) in [5, 5.41) is -0.195. The third-order valence-corrected chi connectivity index (χ3v) is 5.33. The van der Waals surface area contributed by atoms with E-state index >= 15 is 0 Å². The van der Waals surface area contributed by atoms with Crippen molar-refractivity contribution in [1.82, 2.24) is 5.43 Å². The molecule has 1 saturated carbocycles. The van der Waals surface area contributed by atoms with Crippen LogP contribution in [-0.4, -0.2) is 39.7 Å². The highest BCUT2D eigenvalue weighted by atomic mass is 32.2. The molecule has 0 aliphatic heterocycles. The van der Waals surface area contributed by atoms with Crippen molar-refractivity contribution in [3.05, 3.63) is 0 Å². The van der Waals surface area contributed by atoms with E-state index in [-0.39, 0.29) is 11.3 Å². The maximum absolute atomic E-state index is 11.6. The van der Waals surface area contributed by atoms with Crippen LogP contribution in [0, 0.1) is 5.92 Å². The normalized spacial score (nSPS) is 27.9. The molecule has 0 heterocycles. The molecule has 1 fully saturated rings. The number of sulfone groups is 1. The Bertz CT molecular complexity index is 319. The minimum atomic E-state index is -2.92. The Kier molecular flexibility index (Phi) is 5.85. The summed E-state index contributed by atoms with van der Waals surface area (Å²) in [5.41, 5.74) is 2.80. The van der Waals surface area contributed by atoms with E-state index in [1.165, 1.54) is 6.26 Å². The summed E-state index contributed by atoms with van der Waals surface area (Å²) in [6.45, 7) is 0.648. The maximum Gasteiger partial charge on any atom is 0.150 e. The van der Waals surface area contributed by atoms with Gasteiger partial charge in [-0.2, -0.15) is 0 Å². The van der Waals surface area contributed by atoms with E-state index in [2.05, 4.69) is 5.43 Å². The zero-order chi connectivity index (χ0) is 12.9. The molecule has 102 valence electrons. The van der Waals surface area contributed by atoms with Crippen molar-refractivity contribution in [2.45, 2.75) is 43.4 Å². The van der Waals surface area contributed by atoms with Gasteiger partial charge in [0.2, 0.25) is 0 Å². The molecule has 0 aromatic carbocycles. The highest BCUT2D eigenvalue weighted by Gasteiger charge is 2.32. The van der Waals surface area contributed by atoms with Crippen LogP contribution in [0.4, 0.5) is 0 Å². The second kappa shape index (κ2) is 6.68. The van der Waals surface area contributed by atoms with Crippen LogP contribution >= 0.6 is 0 Å². The van der Waals surface area contributed by atoms with E-state index in [0.29, 0.717) is 12.5 Å². The number of ether oxygens (including phenoxy) is 1. The van der Waals surface area contributed by atoms with Crippen LogP contribution < -0.4 is 11.3 Å². The lowest BCUT2D eigenvalue weighted by Gasteiger charge is -2.33. The lowest BCUT2D eigenvalue weighted by atomic mass is 9.82. The molecule has 3 N–H and O–H groups in total. The second-order valence-corrected chi connectivity index (χ2v) is 7.26. The number of hydrogen-bond donors (Lipinski definition) is 2. The topological polar surface area (TPSA) is 81.4 Å². The summed E-state index contributed by atoms with van der Waals surface area (Å²) in [7, 11) is -1.26. The highest BCUT2D eigenvalue weighted by Crippen LogP contribution is 2.31. The first-order chi connectivity index (χ1) is 7.99. The molecule has 1 rings (SSSR count). The fraction of sp³-hybridized carbons (Fsp3) is 1.00. The molecule has 6 heteroatoms. The molecule has 0 bridgehead atoms. The van der Waals surface area contributed by atoms with Crippen molar-refractivity contribution in [2.75, 3.05) is 20.0 Å². The third kappa shape index (κ3) is 4.54. The predicted molar refractivity (Wildman–Crippen MR) is 68.2 cm³/mol. The first-order valence-electron chi connectivity index (χ1n) is 6.13. The van der Waals surface area contributed by atoms with Crippen LogP contribution in [0.15, 0.2) is 0 Å². The SMILES string of the molecule is COCCC(NN)C1CCCC(S(C)(=O)=O)C1. The summed E-state index contributed by atoms with van der Waals surface area (Å²) in [6.07, 6.45) is 5.68. The van der Waals surface area contributed by atoms with E-state index < -0.39 is 9.84 Å². The Labute approximate surface area is 104 Å². The van der Waals surface area contributed by atoms with E-state index in [1.54, 1.807) is 7.11 Å². The van der Waals surface area contributed by atoms with E-state index in [0.717, 1.165) is 32.1 Å². The molecule has 0 radical (unpaired) electrons. The van der Waals surface area contributed by atoms with Gasteiger partial charge in [-0.3, -0.25) is 11.3 Å². The van der Waals surface area contributed by atoms with Gasteiger partial charge in [-0.05, 0) is 31.6 Å². The number of nitrogens with two attached hydrogens (primary N) is 1. The van der Waals surface area contributed by atoms with Crippen molar-refractivity contribution in [3.63, 3.8) is 0 Å². The monoisotopic (exact) mass is 264 g/mol. The summed E-state index contributed by atoms with van der Waals surface area (Å²) >= 11 is 0. The zero-order valence-corrected chi connectivity index (χ0v) is 11.5. The van der Waals surface area contributed by atoms with Crippen molar-refractivity contribution in [3.8, 4) is 0 Å². The van der Waals surface area contributed by atoms with Crippen molar-refractivity contribution >= 4 is 9.84 Å². The molecule has 0 saturated heterocycles. The van der Waals surface area contributed by atoms with Gasteiger partial charge in [-0.1, -0.05) is 6.42 Å². The maximum atomic E-state index is 11.6. The van der Waals surface area contributed by atoms with Crippen LogP contribution in [-0.2, 0) is 14.6 Å². The first kappa shape index (κ1) is 14.9. The van der Waals surface area contributed by atoms with Gasteiger partial charge < -0.3 is 4.74 Å². The molecule has 1 aliphatic rings. The highest BCUT2D eigenvalue weighted by molar-refractivity contribution is 7.91. The van der Waals surface area contributed by atoms with Gasteiger partial charge >= 0.3 is 0 Å². The molecule has 0 aromatic rings. The Morgan fingerprint density at radius 1 is 1.47 bits per heavy atom. The van der Waals surface area contributed by atoms with Gasteiger partial charge in [0.1, 0.15) is 9.84 Å². The lowest BCUT2D eigenvalue weighted by Crippen LogP contribution is -2.44. The number of hydrazine groups is 1. The molecular weight excluding hydrogens is 240 g/mol. The largest absolute Gasteiger partial charge is 0.385 e. The molecule has 0 amide bonds. The average molecular weight is 264 g/mol. The summed E-state index contributed by atoms with van der Waals surface area (Å²) in [5.74, 6) is 5.88. The number of nitrogens with one attached hydrogen (secondary N) is 1. The van der Waals surface area contributed by atoms with Crippen LogP contribution in [0.25, 0.3) is 0 Å². The van der Waals surface area contributed by atoms with Crippen LogP contribution in [0.5, 0.6) is 0 Å². The van der Waals surface area contributed by atoms with Gasteiger partial charge in [-0.15, -0.1) is 0 Å². The van der Waals surface area contributed by atoms with Crippen molar-refractivity contribution in [2.24, 2.45) is 11.8 Å². The third-order valence-electron chi connectivity index (χ3n) is 3.69. The number of rotatable bonds is 6. The second-order valence-electron chi connectivity index (χ2n) is 4.93. The average Bonchev–Trinajstić information content (AvgIpc) is 2.29. The van der Waals surface area contributed by atoms with Crippen LogP contribution in [0.2, 0.25) is 0 Å². The van der Waals surface area contributed by atoms with Gasteiger partial charge in [0, 0.05) is 26.0 Å². The lowest BCUT2D eigenvalue weighted by molar-refractivity contribution is 0.160. The van der Waals surface area contributed by atoms with Gasteiger partial charge in [0.05, 0.1) is 5.25 Å². The zero-order valence-electron chi connectivity index (χ0n) is 10.7. The number of hydrogen-bond acceptors (Lipinski definition) is 5. The van der Waals surface area contributed by atoms with Crippen molar-refractivity contribution < 1.29 is 13.2 Å². The quantitative estimate of drug-likeness (QED) is 0.538. The fourth-order valence-corrected chi connectivity index (χ4v) is 3.83. The van der Waals surface area contributed by atoms with Crippen LogP contribution in [0.3, 0.4) is 0 Å². The molecular formula is C11H24N2O3S. The van der Waals surface area contributed by atoms with Crippen LogP contribution in [0.1, 0.15) is 32.1 Å². The molecule has 0 aromatic heterocycles. The molecule has 3 atom stereocenters. The summed E-state index contributed by atoms with van der Waals surface area (Å²) < 4.78 is 28.2.